The highest BCUT2D eigenvalue weighted by Gasteiger charge is 2.22. The third kappa shape index (κ3) is 3.73. The molecule has 0 saturated heterocycles. The summed E-state index contributed by atoms with van der Waals surface area (Å²) < 4.78 is 24.4. The van der Waals surface area contributed by atoms with Gasteiger partial charge in [-0.15, -0.1) is 0 Å². The SMILES string of the molecule is COC(=O)N1CCc2cc(Cl)c(OCc3ccc(C#N)cc3F)cc2C1. The van der Waals surface area contributed by atoms with Crippen molar-refractivity contribution in [2.75, 3.05) is 13.7 Å². The Kier molecular flexibility index (Phi) is 5.29. The van der Waals surface area contributed by atoms with Gasteiger partial charge in [-0.05, 0) is 41.8 Å². The number of nitriles is 1. The minimum absolute atomic E-state index is 0.0171. The van der Waals surface area contributed by atoms with Crippen molar-refractivity contribution in [1.29, 1.82) is 5.26 Å². The van der Waals surface area contributed by atoms with Gasteiger partial charge in [-0.2, -0.15) is 5.26 Å². The summed E-state index contributed by atoms with van der Waals surface area (Å²) in [7, 11) is 1.35. The number of carbonyl (C=O) groups is 1. The molecule has 0 aliphatic carbocycles. The number of methoxy groups -OCH3 is 1. The van der Waals surface area contributed by atoms with Gasteiger partial charge in [-0.3, -0.25) is 0 Å². The van der Waals surface area contributed by atoms with E-state index in [9.17, 15) is 9.18 Å². The van der Waals surface area contributed by atoms with Crippen LogP contribution >= 0.6 is 11.6 Å². The van der Waals surface area contributed by atoms with E-state index < -0.39 is 5.82 Å². The summed E-state index contributed by atoms with van der Waals surface area (Å²) in [5.74, 6) is -0.0871. The molecule has 0 bridgehead atoms. The number of amides is 1. The van der Waals surface area contributed by atoms with E-state index in [1.54, 1.807) is 11.0 Å². The highest BCUT2D eigenvalue weighted by Crippen LogP contribution is 2.32. The molecule has 0 radical (unpaired) electrons. The minimum Gasteiger partial charge on any atom is -0.487 e. The molecule has 0 saturated carbocycles. The van der Waals surface area contributed by atoms with Crippen molar-refractivity contribution in [2.45, 2.75) is 19.6 Å². The maximum atomic E-state index is 14.0. The predicted molar refractivity (Wildman–Crippen MR) is 93.4 cm³/mol. The first-order chi connectivity index (χ1) is 12.5. The summed E-state index contributed by atoms with van der Waals surface area (Å²) >= 11 is 6.27. The van der Waals surface area contributed by atoms with Crippen molar-refractivity contribution in [2.24, 2.45) is 0 Å². The summed E-state index contributed by atoms with van der Waals surface area (Å²) in [5.41, 5.74) is 2.54. The van der Waals surface area contributed by atoms with Gasteiger partial charge in [0.05, 0.1) is 23.8 Å². The Morgan fingerprint density at radius 1 is 1.35 bits per heavy atom. The molecule has 0 spiro atoms. The fourth-order valence-electron chi connectivity index (χ4n) is 2.84. The summed E-state index contributed by atoms with van der Waals surface area (Å²) in [6, 6.07) is 9.69. The van der Waals surface area contributed by atoms with Crippen LogP contribution in [0, 0.1) is 17.1 Å². The van der Waals surface area contributed by atoms with Crippen molar-refractivity contribution in [1.82, 2.24) is 4.90 Å². The Morgan fingerprint density at radius 3 is 2.85 bits per heavy atom. The van der Waals surface area contributed by atoms with Crippen LogP contribution in [0.1, 0.15) is 22.3 Å². The van der Waals surface area contributed by atoms with E-state index in [-0.39, 0.29) is 18.3 Å². The molecule has 0 unspecified atom stereocenters. The molecule has 3 rings (SSSR count). The van der Waals surface area contributed by atoms with Crippen LogP contribution in [-0.2, 0) is 24.3 Å². The molecule has 5 nitrogen and oxygen atoms in total. The monoisotopic (exact) mass is 374 g/mol. The molecule has 1 amide bonds. The fourth-order valence-corrected chi connectivity index (χ4v) is 3.08. The second-order valence-corrected chi connectivity index (χ2v) is 6.31. The first-order valence-corrected chi connectivity index (χ1v) is 8.35. The van der Waals surface area contributed by atoms with Crippen LogP contribution in [0.3, 0.4) is 0 Å². The number of ether oxygens (including phenoxy) is 2. The molecule has 2 aromatic carbocycles. The minimum atomic E-state index is -0.505. The van der Waals surface area contributed by atoms with Crippen LogP contribution < -0.4 is 4.74 Å². The number of halogens is 2. The molecule has 1 aliphatic heterocycles. The van der Waals surface area contributed by atoms with E-state index in [1.807, 2.05) is 12.1 Å². The number of hydrogen-bond donors (Lipinski definition) is 0. The molecular weight excluding hydrogens is 359 g/mol. The van der Waals surface area contributed by atoms with Gasteiger partial charge in [0, 0.05) is 18.7 Å². The maximum Gasteiger partial charge on any atom is 0.409 e. The van der Waals surface area contributed by atoms with E-state index in [4.69, 9.17) is 26.3 Å². The number of nitrogens with zero attached hydrogens (tertiary/aromatic N) is 2. The summed E-state index contributed by atoms with van der Waals surface area (Å²) in [5, 5.41) is 9.22. The normalized spacial score (nSPS) is 12.9. The number of hydrogen-bond acceptors (Lipinski definition) is 4. The van der Waals surface area contributed by atoms with Gasteiger partial charge < -0.3 is 14.4 Å². The standard InChI is InChI=1S/C19H16ClFN2O3/c1-25-19(24)23-5-4-13-7-16(20)18(8-15(13)10-23)26-11-14-3-2-12(9-22)6-17(14)21/h2-3,6-8H,4-5,10-11H2,1H3. The lowest BCUT2D eigenvalue weighted by molar-refractivity contribution is 0.118. The largest absolute Gasteiger partial charge is 0.487 e. The van der Waals surface area contributed by atoms with Gasteiger partial charge in [0.1, 0.15) is 18.2 Å². The van der Waals surface area contributed by atoms with Crippen molar-refractivity contribution in [3.63, 3.8) is 0 Å². The number of benzene rings is 2. The van der Waals surface area contributed by atoms with Crippen molar-refractivity contribution in [3.05, 3.63) is 63.4 Å². The molecule has 0 aromatic heterocycles. The predicted octanol–water partition coefficient (Wildman–Crippen LogP) is 4.05. The van der Waals surface area contributed by atoms with Gasteiger partial charge >= 0.3 is 6.09 Å². The van der Waals surface area contributed by atoms with Crippen LogP contribution in [0.5, 0.6) is 5.75 Å². The maximum absolute atomic E-state index is 14.0. The van der Waals surface area contributed by atoms with Gasteiger partial charge in [-0.1, -0.05) is 17.7 Å². The summed E-state index contributed by atoms with van der Waals surface area (Å²) in [6.45, 7) is 0.949. The topological polar surface area (TPSA) is 62.6 Å². The molecule has 7 heteroatoms. The molecular formula is C19H16ClFN2O3. The average Bonchev–Trinajstić information content (AvgIpc) is 2.66. The third-order valence-corrected chi connectivity index (χ3v) is 4.56. The van der Waals surface area contributed by atoms with Gasteiger partial charge in [-0.25, -0.2) is 9.18 Å². The Morgan fingerprint density at radius 2 is 2.15 bits per heavy atom. The zero-order chi connectivity index (χ0) is 18.7. The Balaban J connectivity index is 1.77. The Labute approximate surface area is 155 Å². The highest BCUT2D eigenvalue weighted by atomic mass is 35.5. The molecule has 1 aliphatic rings. The lowest BCUT2D eigenvalue weighted by Crippen LogP contribution is -2.35. The van der Waals surface area contributed by atoms with Crippen LogP contribution in [-0.4, -0.2) is 24.6 Å². The quantitative estimate of drug-likeness (QED) is 0.813. The van der Waals surface area contributed by atoms with E-state index >= 15 is 0 Å². The average molecular weight is 375 g/mol. The second-order valence-electron chi connectivity index (χ2n) is 5.90. The lowest BCUT2D eigenvalue weighted by Gasteiger charge is -2.28. The Hall–Kier alpha value is -2.78. The van der Waals surface area contributed by atoms with Gasteiger partial charge in [0.2, 0.25) is 0 Å². The second kappa shape index (κ2) is 7.63. The molecule has 134 valence electrons. The molecule has 0 N–H and O–H groups in total. The van der Waals surface area contributed by atoms with Gasteiger partial charge in [0.15, 0.2) is 0 Å². The Bertz CT molecular complexity index is 895. The van der Waals surface area contributed by atoms with Crippen molar-refractivity contribution < 1.29 is 18.7 Å². The molecule has 1 heterocycles. The zero-order valence-corrected chi connectivity index (χ0v) is 14.8. The molecule has 0 atom stereocenters. The third-order valence-electron chi connectivity index (χ3n) is 4.26. The van der Waals surface area contributed by atoms with E-state index in [0.717, 1.165) is 11.1 Å². The van der Waals surface area contributed by atoms with E-state index in [2.05, 4.69) is 0 Å². The number of carbonyl (C=O) groups excluding carboxylic acids is 1. The fraction of sp³-hybridized carbons (Fsp3) is 0.263. The smallest absolute Gasteiger partial charge is 0.409 e. The van der Waals surface area contributed by atoms with Crippen molar-refractivity contribution in [3.8, 4) is 11.8 Å². The summed E-state index contributed by atoms with van der Waals surface area (Å²) in [4.78, 5) is 13.3. The molecule has 2 aromatic rings. The number of rotatable bonds is 3. The van der Waals surface area contributed by atoms with Crippen LogP contribution in [0.15, 0.2) is 30.3 Å². The highest BCUT2D eigenvalue weighted by molar-refractivity contribution is 6.32. The first kappa shape index (κ1) is 18.0. The van der Waals surface area contributed by atoms with E-state index in [1.165, 1.54) is 25.3 Å². The first-order valence-electron chi connectivity index (χ1n) is 7.97. The lowest BCUT2D eigenvalue weighted by atomic mass is 9.99. The van der Waals surface area contributed by atoms with E-state index in [0.29, 0.717) is 35.8 Å². The zero-order valence-electron chi connectivity index (χ0n) is 14.1. The molecule has 26 heavy (non-hydrogen) atoms. The van der Waals surface area contributed by atoms with Crippen LogP contribution in [0.4, 0.5) is 9.18 Å². The summed E-state index contributed by atoms with van der Waals surface area (Å²) in [6.07, 6.45) is 0.294. The molecule has 0 fully saturated rings. The van der Waals surface area contributed by atoms with Crippen molar-refractivity contribution >= 4 is 17.7 Å². The number of fused-ring (bicyclic) bond motifs is 1. The van der Waals surface area contributed by atoms with Gasteiger partial charge in [0.25, 0.3) is 0 Å². The van der Waals surface area contributed by atoms with Crippen LogP contribution in [0.2, 0.25) is 5.02 Å². The van der Waals surface area contributed by atoms with Crippen LogP contribution in [0.25, 0.3) is 0 Å².